The van der Waals surface area contributed by atoms with E-state index in [1.807, 2.05) is 6.92 Å². The van der Waals surface area contributed by atoms with Gasteiger partial charge in [-0.2, -0.15) is 4.31 Å². The van der Waals surface area contributed by atoms with Crippen molar-refractivity contribution in [3.05, 3.63) is 73.8 Å². The van der Waals surface area contributed by atoms with Crippen LogP contribution < -0.4 is 10.5 Å². The van der Waals surface area contributed by atoms with Crippen LogP contribution >= 0.6 is 11.6 Å². The van der Waals surface area contributed by atoms with E-state index in [9.17, 15) is 13.2 Å². The van der Waals surface area contributed by atoms with Gasteiger partial charge in [0.2, 0.25) is 15.9 Å². The molecule has 11 heteroatoms. The number of sulfonamides is 1. The number of aryl methyl sites for hydroxylation is 2. The molecular formula is C22H23ClFN3O5S. The Morgan fingerprint density at radius 3 is 2.61 bits per heavy atom. The number of H-pyrrole nitrogens is 1. The number of nitrogens with one attached hydrogen (secondary N) is 1. The number of aromatic amines is 1. The zero-order valence-corrected chi connectivity index (χ0v) is 20.1. The molecule has 0 saturated heterocycles. The maximum absolute atomic E-state index is 15.0. The summed E-state index contributed by atoms with van der Waals surface area (Å²) >= 11 is 6.18. The zero-order valence-electron chi connectivity index (χ0n) is 18.5. The largest absolute Gasteiger partial charge is 0.491 e. The molecule has 1 N–H and O–H groups in total. The minimum Gasteiger partial charge on any atom is -0.491 e. The van der Waals surface area contributed by atoms with Gasteiger partial charge < -0.3 is 9.15 Å². The van der Waals surface area contributed by atoms with E-state index >= 15 is 4.39 Å². The number of aromatic nitrogens is 2. The quantitative estimate of drug-likeness (QED) is 0.586. The third-order valence-electron chi connectivity index (χ3n) is 6.06. The Morgan fingerprint density at radius 2 is 1.94 bits per heavy atom. The number of hydrogen-bond donors (Lipinski definition) is 1. The molecule has 33 heavy (non-hydrogen) atoms. The Bertz CT molecular complexity index is 1390. The van der Waals surface area contributed by atoms with Crippen molar-refractivity contribution < 1.29 is 22.0 Å². The first kappa shape index (κ1) is 23.5. The van der Waals surface area contributed by atoms with E-state index in [0.29, 0.717) is 21.7 Å². The van der Waals surface area contributed by atoms with Gasteiger partial charge in [-0.1, -0.05) is 24.6 Å². The Morgan fingerprint density at radius 1 is 1.21 bits per heavy atom. The van der Waals surface area contributed by atoms with Gasteiger partial charge in [0.1, 0.15) is 29.1 Å². The fourth-order valence-corrected chi connectivity index (χ4v) is 6.20. The second kappa shape index (κ2) is 8.58. The number of rotatable bonds is 4. The molecule has 0 aliphatic carbocycles. The second-order valence-electron chi connectivity index (χ2n) is 8.10. The molecule has 2 aromatic carbocycles. The van der Waals surface area contributed by atoms with Crippen LogP contribution in [0.3, 0.4) is 0 Å². The van der Waals surface area contributed by atoms with Crippen molar-refractivity contribution in [3.63, 3.8) is 0 Å². The predicted molar refractivity (Wildman–Crippen MR) is 120 cm³/mol. The summed E-state index contributed by atoms with van der Waals surface area (Å²) in [6.07, 6.45) is 0. The van der Waals surface area contributed by atoms with Gasteiger partial charge in [0.25, 0.3) is 0 Å². The highest BCUT2D eigenvalue weighted by Crippen LogP contribution is 2.43. The van der Waals surface area contributed by atoms with Crippen LogP contribution in [0.1, 0.15) is 47.0 Å². The normalized spacial score (nSPS) is 17.6. The number of hydrogen-bond acceptors (Lipinski definition) is 6. The molecule has 0 bridgehead atoms. The first-order valence-electron chi connectivity index (χ1n) is 10.3. The lowest BCUT2D eigenvalue weighted by Crippen LogP contribution is -2.39. The third-order valence-corrected chi connectivity index (χ3v) is 8.37. The van der Waals surface area contributed by atoms with E-state index in [1.54, 1.807) is 26.8 Å². The topological polar surface area (TPSA) is 106 Å². The first-order chi connectivity index (χ1) is 15.5. The van der Waals surface area contributed by atoms with Crippen LogP contribution in [0.25, 0.3) is 0 Å². The highest BCUT2D eigenvalue weighted by molar-refractivity contribution is 7.89. The minimum absolute atomic E-state index is 0.0127. The molecule has 1 aliphatic rings. The van der Waals surface area contributed by atoms with Crippen LogP contribution in [0.15, 0.2) is 38.4 Å². The van der Waals surface area contributed by atoms with E-state index in [2.05, 4.69) is 10.2 Å². The second-order valence-corrected chi connectivity index (χ2v) is 10.4. The van der Waals surface area contributed by atoms with Crippen molar-refractivity contribution in [3.8, 4) is 5.75 Å². The summed E-state index contributed by atoms with van der Waals surface area (Å²) in [7, 11) is -4.17. The highest BCUT2D eigenvalue weighted by Gasteiger charge is 2.43. The summed E-state index contributed by atoms with van der Waals surface area (Å²) < 4.78 is 54.7. The lowest BCUT2D eigenvalue weighted by Gasteiger charge is -2.32. The van der Waals surface area contributed by atoms with Gasteiger partial charge in [-0.05, 0) is 55.2 Å². The summed E-state index contributed by atoms with van der Waals surface area (Å²) in [6.45, 7) is 6.91. The molecule has 3 aromatic rings. The van der Waals surface area contributed by atoms with E-state index < -0.39 is 33.6 Å². The maximum atomic E-state index is 15.0. The van der Waals surface area contributed by atoms with Crippen molar-refractivity contribution in [1.82, 2.24) is 14.5 Å². The van der Waals surface area contributed by atoms with Crippen LogP contribution in [-0.4, -0.2) is 36.1 Å². The molecule has 0 radical (unpaired) electrons. The molecule has 0 unspecified atom stereocenters. The standard InChI is InChI=1S/C22H23ClFN3O5S/c1-11-5-6-16(24)19(13(11)3)14(4)20(21-25-26-22(28)32-21)27-7-8-31-17-10-15(23)12(2)9-18(17)33(27,29)30/h5-6,9-10,14,20H,7-8H2,1-4H3,(H,26,28)/t14-,20+/m1/s1. The van der Waals surface area contributed by atoms with Crippen LogP contribution in [0.2, 0.25) is 5.02 Å². The molecule has 1 aromatic heterocycles. The molecule has 2 heterocycles. The molecule has 1 aliphatic heterocycles. The van der Waals surface area contributed by atoms with Gasteiger partial charge in [-0.25, -0.2) is 22.7 Å². The molecule has 0 amide bonds. The summed E-state index contributed by atoms with van der Waals surface area (Å²) in [6, 6.07) is 4.78. The summed E-state index contributed by atoms with van der Waals surface area (Å²) in [5, 5.41) is 6.46. The minimum atomic E-state index is -4.17. The molecule has 0 spiro atoms. The van der Waals surface area contributed by atoms with Gasteiger partial charge in [0.15, 0.2) is 0 Å². The lowest BCUT2D eigenvalue weighted by atomic mass is 9.87. The van der Waals surface area contributed by atoms with Crippen molar-refractivity contribution in [2.75, 3.05) is 13.2 Å². The Balaban J connectivity index is 1.93. The molecule has 2 atom stereocenters. The zero-order chi connectivity index (χ0) is 24.1. The van der Waals surface area contributed by atoms with E-state index in [0.717, 1.165) is 9.87 Å². The van der Waals surface area contributed by atoms with Gasteiger partial charge >= 0.3 is 5.76 Å². The average Bonchev–Trinajstić information content (AvgIpc) is 3.13. The monoisotopic (exact) mass is 495 g/mol. The Hall–Kier alpha value is -2.69. The lowest BCUT2D eigenvalue weighted by molar-refractivity contribution is 0.209. The SMILES string of the molecule is Cc1cc2c(cc1Cl)OCCN([C@H](c1n[nH]c(=O)o1)[C@H](C)c1c(F)ccc(C)c1C)S2(=O)=O. The van der Waals surface area contributed by atoms with E-state index in [4.69, 9.17) is 20.8 Å². The average molecular weight is 496 g/mol. The third kappa shape index (κ3) is 4.07. The van der Waals surface area contributed by atoms with E-state index in [1.165, 1.54) is 18.2 Å². The number of ether oxygens (including phenoxy) is 1. The molecule has 0 saturated carbocycles. The van der Waals surface area contributed by atoms with Gasteiger partial charge in [0.05, 0.1) is 0 Å². The van der Waals surface area contributed by atoms with Crippen molar-refractivity contribution in [1.29, 1.82) is 0 Å². The van der Waals surface area contributed by atoms with Gasteiger partial charge in [-0.15, -0.1) is 5.10 Å². The van der Waals surface area contributed by atoms with Crippen LogP contribution in [0, 0.1) is 26.6 Å². The molecule has 8 nitrogen and oxygen atoms in total. The van der Waals surface area contributed by atoms with E-state index in [-0.39, 0.29) is 29.7 Å². The molecule has 176 valence electrons. The van der Waals surface area contributed by atoms with Crippen molar-refractivity contribution in [2.24, 2.45) is 0 Å². The van der Waals surface area contributed by atoms with Crippen LogP contribution in [0.5, 0.6) is 5.75 Å². The van der Waals surface area contributed by atoms with Gasteiger partial charge in [0, 0.05) is 23.6 Å². The van der Waals surface area contributed by atoms with Crippen LogP contribution in [0.4, 0.5) is 4.39 Å². The maximum Gasteiger partial charge on any atom is 0.434 e. The first-order valence-corrected chi connectivity index (χ1v) is 12.1. The van der Waals surface area contributed by atoms with Crippen molar-refractivity contribution >= 4 is 21.6 Å². The molecular weight excluding hydrogens is 473 g/mol. The summed E-state index contributed by atoms with van der Waals surface area (Å²) in [4.78, 5) is 11.7. The summed E-state index contributed by atoms with van der Waals surface area (Å²) in [5.74, 6) is -2.11. The predicted octanol–water partition coefficient (Wildman–Crippen LogP) is 4.01. The fraction of sp³-hybridized carbons (Fsp3) is 0.364. The number of halogens is 2. The Labute approximate surface area is 195 Å². The van der Waals surface area contributed by atoms with Gasteiger partial charge in [-0.3, -0.25) is 0 Å². The number of nitrogens with zero attached hydrogens (tertiary/aromatic N) is 2. The summed E-state index contributed by atoms with van der Waals surface area (Å²) in [5.41, 5.74) is 2.40. The molecule has 0 fully saturated rings. The highest BCUT2D eigenvalue weighted by atomic mass is 35.5. The smallest absolute Gasteiger partial charge is 0.434 e. The fourth-order valence-electron chi connectivity index (χ4n) is 4.21. The number of fused-ring (bicyclic) bond motifs is 1. The Kier molecular flexibility index (Phi) is 6.10. The van der Waals surface area contributed by atoms with Crippen LogP contribution in [-0.2, 0) is 10.0 Å². The molecule has 4 rings (SSSR count). The van der Waals surface area contributed by atoms with Crippen molar-refractivity contribution in [2.45, 2.75) is 44.6 Å². The number of benzene rings is 2.